The van der Waals surface area contributed by atoms with Crippen LogP contribution in [-0.2, 0) is 6.42 Å². The molecule has 1 aromatic carbocycles. The van der Waals surface area contributed by atoms with E-state index in [1.165, 1.54) is 0 Å². The van der Waals surface area contributed by atoms with E-state index in [1.807, 2.05) is 26.2 Å². The minimum atomic E-state index is -0.411. The van der Waals surface area contributed by atoms with Gasteiger partial charge in [-0.15, -0.1) is 0 Å². The van der Waals surface area contributed by atoms with Crippen molar-refractivity contribution in [2.45, 2.75) is 39.5 Å². The molecule has 4 nitrogen and oxygen atoms in total. The Bertz CT molecular complexity index is 646. The van der Waals surface area contributed by atoms with Gasteiger partial charge in [-0.1, -0.05) is 20.3 Å². The Labute approximate surface area is 144 Å². The topological polar surface area (TPSA) is 42.6 Å². The Kier molecular flexibility index (Phi) is 6.19. The molecule has 130 valence electrons. The highest BCUT2D eigenvalue weighted by atomic mass is 19.1. The van der Waals surface area contributed by atoms with E-state index in [4.69, 9.17) is 0 Å². The third-order valence-corrected chi connectivity index (χ3v) is 4.37. The Balaban J connectivity index is 2.54. The van der Waals surface area contributed by atoms with E-state index >= 15 is 4.39 Å². The van der Waals surface area contributed by atoms with Gasteiger partial charge in [-0.3, -0.25) is 0 Å². The van der Waals surface area contributed by atoms with E-state index in [-0.39, 0.29) is 5.56 Å². The highest BCUT2D eigenvalue weighted by Gasteiger charge is 2.26. The van der Waals surface area contributed by atoms with Crippen molar-refractivity contribution in [2.75, 3.05) is 32.1 Å². The summed E-state index contributed by atoms with van der Waals surface area (Å²) in [5, 5.41) is 9.45. The van der Waals surface area contributed by atoms with Gasteiger partial charge in [0.05, 0.1) is 17.7 Å². The molecule has 1 aromatic rings. The maximum Gasteiger partial charge on any atom is 0.166 e. The van der Waals surface area contributed by atoms with Gasteiger partial charge in [-0.25, -0.2) is 9.38 Å². The molecule has 0 bridgehead atoms. The number of aliphatic imine (C=N–C) groups is 1. The minimum absolute atomic E-state index is 0.0444. The Morgan fingerprint density at radius 2 is 2.25 bits per heavy atom. The number of hydrogen-bond acceptors (Lipinski definition) is 3. The van der Waals surface area contributed by atoms with Crippen molar-refractivity contribution in [3.8, 4) is 6.07 Å². The summed E-state index contributed by atoms with van der Waals surface area (Å²) in [5.41, 5.74) is 2.06. The van der Waals surface area contributed by atoms with Gasteiger partial charge < -0.3 is 9.80 Å². The molecule has 2 rings (SSSR count). The van der Waals surface area contributed by atoms with E-state index in [0.29, 0.717) is 17.3 Å². The summed E-state index contributed by atoms with van der Waals surface area (Å²) in [6, 6.07) is 3.91. The number of unbranched alkanes of at least 4 members (excludes halogenated alkanes) is 1. The number of fused-ring (bicyclic) bond motifs is 1. The largest absolute Gasteiger partial charge is 0.369 e. The zero-order valence-corrected chi connectivity index (χ0v) is 15.1. The van der Waals surface area contributed by atoms with E-state index in [2.05, 4.69) is 23.7 Å². The second kappa shape index (κ2) is 8.14. The molecule has 0 aromatic heterocycles. The molecule has 1 atom stereocenters. The minimum Gasteiger partial charge on any atom is -0.369 e. The molecular formula is C19H27FN4. The van der Waals surface area contributed by atoms with Crippen LogP contribution >= 0.6 is 0 Å². The van der Waals surface area contributed by atoms with Crippen molar-refractivity contribution >= 4 is 17.7 Å². The third-order valence-electron chi connectivity index (χ3n) is 4.37. The maximum atomic E-state index is 15.2. The summed E-state index contributed by atoms with van der Waals surface area (Å²) < 4.78 is 15.2. The molecule has 0 saturated carbocycles. The van der Waals surface area contributed by atoms with Crippen molar-refractivity contribution in [3.05, 3.63) is 23.0 Å². The first kappa shape index (κ1) is 18.3. The van der Waals surface area contributed by atoms with E-state index in [0.717, 1.165) is 44.3 Å². The van der Waals surface area contributed by atoms with Gasteiger partial charge >= 0.3 is 0 Å². The van der Waals surface area contributed by atoms with Crippen LogP contribution < -0.4 is 4.90 Å². The average Bonchev–Trinajstić information content (AvgIpc) is 2.70. The second-order valence-electron chi connectivity index (χ2n) is 6.86. The van der Waals surface area contributed by atoms with Gasteiger partial charge in [-0.05, 0) is 36.8 Å². The predicted octanol–water partition coefficient (Wildman–Crippen LogP) is 4.11. The van der Waals surface area contributed by atoms with Crippen LogP contribution in [0.5, 0.6) is 0 Å². The van der Waals surface area contributed by atoms with Crippen LogP contribution in [0.15, 0.2) is 11.1 Å². The first-order chi connectivity index (χ1) is 11.5. The molecule has 1 unspecified atom stereocenters. The number of rotatable bonds is 5. The van der Waals surface area contributed by atoms with Gasteiger partial charge in [0.15, 0.2) is 5.82 Å². The lowest BCUT2D eigenvalue weighted by molar-refractivity contribution is 0.526. The van der Waals surface area contributed by atoms with Gasteiger partial charge in [-0.2, -0.15) is 5.26 Å². The fourth-order valence-corrected chi connectivity index (χ4v) is 3.11. The molecule has 0 aliphatic carbocycles. The molecular weight excluding hydrogens is 303 g/mol. The molecule has 0 spiro atoms. The normalized spacial score (nSPS) is 17.5. The summed E-state index contributed by atoms with van der Waals surface area (Å²) in [4.78, 5) is 8.21. The lowest BCUT2D eigenvalue weighted by Crippen LogP contribution is -2.29. The number of benzene rings is 1. The van der Waals surface area contributed by atoms with Crippen LogP contribution in [0.2, 0.25) is 0 Å². The van der Waals surface area contributed by atoms with Crippen molar-refractivity contribution in [1.82, 2.24) is 4.90 Å². The van der Waals surface area contributed by atoms with Gasteiger partial charge in [0.2, 0.25) is 0 Å². The number of nitrogens with zero attached hydrogens (tertiary/aromatic N) is 4. The van der Waals surface area contributed by atoms with Crippen LogP contribution in [0.1, 0.15) is 44.2 Å². The summed E-state index contributed by atoms with van der Waals surface area (Å²) >= 11 is 0. The van der Waals surface area contributed by atoms with Crippen molar-refractivity contribution in [2.24, 2.45) is 10.9 Å². The number of hydrogen-bond donors (Lipinski definition) is 0. The third kappa shape index (κ3) is 4.05. The highest BCUT2D eigenvalue weighted by molar-refractivity contribution is 5.72. The molecule has 0 fully saturated rings. The summed E-state index contributed by atoms with van der Waals surface area (Å²) in [5.74, 6) is 0.0963. The summed E-state index contributed by atoms with van der Waals surface area (Å²) in [6.07, 6.45) is 5.55. The fraction of sp³-hybridized carbons (Fsp3) is 0.579. The van der Waals surface area contributed by atoms with Gasteiger partial charge in [0, 0.05) is 27.2 Å². The lowest BCUT2D eigenvalue weighted by atomic mass is 10.00. The average molecular weight is 330 g/mol. The van der Waals surface area contributed by atoms with Crippen LogP contribution in [0.4, 0.5) is 15.8 Å². The van der Waals surface area contributed by atoms with Crippen molar-refractivity contribution < 1.29 is 4.39 Å². The smallest absolute Gasteiger partial charge is 0.166 e. The Morgan fingerprint density at radius 3 is 2.88 bits per heavy atom. The number of anilines is 1. The summed E-state index contributed by atoms with van der Waals surface area (Å²) in [6.45, 7) is 6.02. The molecule has 0 saturated heterocycles. The SMILES string of the molecule is CCCCN1CC(C)CCc2cc(N=CN(C)C)c(C#N)c(F)c21. The second-order valence-corrected chi connectivity index (χ2v) is 6.86. The molecule has 1 aliphatic heterocycles. The molecule has 24 heavy (non-hydrogen) atoms. The first-order valence-corrected chi connectivity index (χ1v) is 8.68. The fourth-order valence-electron chi connectivity index (χ4n) is 3.11. The first-order valence-electron chi connectivity index (χ1n) is 8.68. The zero-order chi connectivity index (χ0) is 17.7. The van der Waals surface area contributed by atoms with Gasteiger partial charge in [0.1, 0.15) is 11.6 Å². The van der Waals surface area contributed by atoms with E-state index in [9.17, 15) is 5.26 Å². The molecule has 0 N–H and O–H groups in total. The molecule has 1 heterocycles. The van der Waals surface area contributed by atoms with Crippen LogP contribution in [0.25, 0.3) is 0 Å². The predicted molar refractivity (Wildman–Crippen MR) is 97.6 cm³/mol. The maximum absolute atomic E-state index is 15.2. The number of halogens is 1. The molecule has 0 radical (unpaired) electrons. The lowest BCUT2D eigenvalue weighted by Gasteiger charge is -2.27. The van der Waals surface area contributed by atoms with E-state index in [1.54, 1.807) is 11.2 Å². The monoisotopic (exact) mass is 330 g/mol. The van der Waals surface area contributed by atoms with Gasteiger partial charge in [0.25, 0.3) is 0 Å². The number of aryl methyl sites for hydroxylation is 1. The van der Waals surface area contributed by atoms with E-state index < -0.39 is 5.82 Å². The Morgan fingerprint density at radius 1 is 1.50 bits per heavy atom. The van der Waals surface area contributed by atoms with Crippen molar-refractivity contribution in [3.63, 3.8) is 0 Å². The van der Waals surface area contributed by atoms with Crippen LogP contribution in [0.3, 0.4) is 0 Å². The van der Waals surface area contributed by atoms with Crippen LogP contribution in [0, 0.1) is 23.1 Å². The Hall–Kier alpha value is -2.09. The molecule has 0 amide bonds. The van der Waals surface area contributed by atoms with Crippen molar-refractivity contribution in [1.29, 1.82) is 5.26 Å². The van der Waals surface area contributed by atoms with Crippen LogP contribution in [-0.4, -0.2) is 38.4 Å². The molecule has 1 aliphatic rings. The highest BCUT2D eigenvalue weighted by Crippen LogP contribution is 2.37. The zero-order valence-electron chi connectivity index (χ0n) is 15.1. The standard InChI is InChI=1S/C19H27FN4/c1-5-6-9-24-12-14(2)7-8-15-10-17(22-13-23(3)4)16(11-21)18(20)19(15)24/h10,13-14H,5-9,12H2,1-4H3. The number of nitriles is 1. The quantitative estimate of drug-likeness (QED) is 0.603. The molecule has 5 heteroatoms. The summed E-state index contributed by atoms with van der Waals surface area (Å²) in [7, 11) is 3.70.